The first-order valence-corrected chi connectivity index (χ1v) is 12.3. The van der Waals surface area contributed by atoms with Crippen LogP contribution in [0.1, 0.15) is 48.2 Å². The first-order chi connectivity index (χ1) is 17.1. The summed E-state index contributed by atoms with van der Waals surface area (Å²) >= 11 is 0. The monoisotopic (exact) mass is 464 g/mol. The van der Waals surface area contributed by atoms with Gasteiger partial charge >= 0.3 is 0 Å². The number of H-pyrrole nitrogens is 1. The van der Waals surface area contributed by atoms with E-state index >= 15 is 0 Å². The van der Waals surface area contributed by atoms with E-state index in [9.17, 15) is 4.79 Å². The van der Waals surface area contributed by atoms with E-state index < -0.39 is 0 Å². The highest BCUT2D eigenvalue weighted by Gasteiger charge is 2.25. The van der Waals surface area contributed by atoms with Crippen LogP contribution in [0, 0.1) is 18.8 Å². The van der Waals surface area contributed by atoms with Gasteiger partial charge in [-0.2, -0.15) is 10.2 Å². The van der Waals surface area contributed by atoms with E-state index in [1.807, 2.05) is 55.7 Å². The molecule has 1 aromatic carbocycles. The van der Waals surface area contributed by atoms with Gasteiger partial charge in [0.2, 0.25) is 0 Å². The zero-order valence-corrected chi connectivity index (χ0v) is 19.8. The normalized spacial score (nSPS) is 18.3. The highest BCUT2D eigenvalue weighted by Crippen LogP contribution is 2.34. The Morgan fingerprint density at radius 3 is 2.91 bits per heavy atom. The molecule has 4 aromatic heterocycles. The fourth-order valence-corrected chi connectivity index (χ4v) is 5.54. The van der Waals surface area contributed by atoms with Crippen molar-refractivity contribution in [2.24, 2.45) is 11.8 Å². The maximum absolute atomic E-state index is 13.3. The predicted octanol–water partition coefficient (Wildman–Crippen LogP) is 5.76. The summed E-state index contributed by atoms with van der Waals surface area (Å²) in [4.78, 5) is 21.9. The second kappa shape index (κ2) is 9.06. The number of aryl methyl sites for hydroxylation is 1. The molecule has 1 fully saturated rings. The molecule has 2 unspecified atom stereocenters. The van der Waals surface area contributed by atoms with Crippen LogP contribution < -0.4 is 0 Å². The quantitative estimate of drug-likeness (QED) is 0.323. The van der Waals surface area contributed by atoms with Gasteiger partial charge in [-0.25, -0.2) is 0 Å². The van der Waals surface area contributed by atoms with Gasteiger partial charge in [-0.15, -0.1) is 0 Å². The first kappa shape index (κ1) is 21.6. The van der Waals surface area contributed by atoms with E-state index in [-0.39, 0.29) is 5.78 Å². The van der Waals surface area contributed by atoms with Crippen LogP contribution in [0.25, 0.3) is 33.1 Å². The van der Waals surface area contributed by atoms with Gasteiger partial charge in [-0.05, 0) is 74.4 Å². The fraction of sp³-hybridized carbons (Fsp3) is 0.321. The van der Waals surface area contributed by atoms with Gasteiger partial charge in [-0.1, -0.05) is 6.42 Å². The minimum atomic E-state index is 0.212. The Kier molecular flexibility index (Phi) is 5.60. The second-order valence-electron chi connectivity index (χ2n) is 9.81. The summed E-state index contributed by atoms with van der Waals surface area (Å²) in [6, 6.07) is 11.9. The molecular weight excluding hydrogens is 436 g/mol. The van der Waals surface area contributed by atoms with E-state index in [2.05, 4.69) is 29.9 Å². The van der Waals surface area contributed by atoms with Crippen LogP contribution in [0.3, 0.4) is 0 Å². The second-order valence-corrected chi connectivity index (χ2v) is 9.81. The Labute approximate surface area is 203 Å². The SMILES string of the molecule is Cc1cc(-c2n[nH]c3ccc(C(=O)CC4CCCC(Cn5ncc6ccncc65)C4)cc23)ccn1. The number of carbonyl (C=O) groups is 1. The lowest BCUT2D eigenvalue weighted by atomic mass is 9.78. The van der Waals surface area contributed by atoms with Crippen molar-refractivity contribution >= 4 is 27.6 Å². The Balaban J connectivity index is 1.17. The summed E-state index contributed by atoms with van der Waals surface area (Å²) in [7, 11) is 0. The maximum Gasteiger partial charge on any atom is 0.163 e. The molecule has 6 rings (SSSR count). The molecule has 35 heavy (non-hydrogen) atoms. The van der Waals surface area contributed by atoms with Gasteiger partial charge in [-0.3, -0.25) is 24.5 Å². The molecule has 0 aliphatic heterocycles. The van der Waals surface area contributed by atoms with Crippen molar-refractivity contribution in [3.63, 3.8) is 0 Å². The highest BCUT2D eigenvalue weighted by molar-refractivity contribution is 6.02. The minimum Gasteiger partial charge on any atom is -0.294 e. The molecule has 4 heterocycles. The van der Waals surface area contributed by atoms with Gasteiger partial charge in [0, 0.05) is 53.0 Å². The molecular formula is C28H28N6O. The lowest BCUT2D eigenvalue weighted by Crippen LogP contribution is -2.22. The number of aromatic amines is 1. The molecule has 1 saturated carbocycles. The zero-order valence-electron chi connectivity index (χ0n) is 19.8. The molecule has 176 valence electrons. The number of hydrogen-bond acceptors (Lipinski definition) is 5. The van der Waals surface area contributed by atoms with Crippen molar-refractivity contribution in [3.8, 4) is 11.3 Å². The standard InChI is InChI=1S/C28H28N6O/c1-18-11-22(8-10-30-18)28-24-14-21(5-6-25(24)32-33-28)27(35)13-19-3-2-4-20(12-19)17-34-26-16-29-9-7-23(26)15-31-34/h5-11,14-16,19-20H,2-4,12-13,17H2,1H3,(H,32,33). The van der Waals surface area contributed by atoms with Crippen molar-refractivity contribution in [1.82, 2.24) is 29.9 Å². The molecule has 1 aliphatic rings. The number of carbonyl (C=O) groups excluding carboxylic acids is 1. The number of pyridine rings is 2. The summed E-state index contributed by atoms with van der Waals surface area (Å²) in [5.74, 6) is 1.15. The van der Waals surface area contributed by atoms with Gasteiger partial charge in [0.1, 0.15) is 5.69 Å². The first-order valence-electron chi connectivity index (χ1n) is 12.3. The topological polar surface area (TPSA) is 89.4 Å². The van der Waals surface area contributed by atoms with E-state index in [4.69, 9.17) is 0 Å². The van der Waals surface area contributed by atoms with Gasteiger partial charge in [0.05, 0.1) is 23.4 Å². The molecule has 0 bridgehead atoms. The smallest absolute Gasteiger partial charge is 0.163 e. The number of nitrogens with one attached hydrogen (secondary N) is 1. The number of aromatic nitrogens is 6. The van der Waals surface area contributed by atoms with E-state index in [0.29, 0.717) is 18.3 Å². The number of ketones is 1. The highest BCUT2D eigenvalue weighted by atomic mass is 16.1. The average molecular weight is 465 g/mol. The van der Waals surface area contributed by atoms with Crippen LogP contribution in [0.15, 0.2) is 61.2 Å². The minimum absolute atomic E-state index is 0.212. The molecule has 2 atom stereocenters. The largest absolute Gasteiger partial charge is 0.294 e. The van der Waals surface area contributed by atoms with Crippen LogP contribution in [0.5, 0.6) is 0 Å². The Morgan fingerprint density at radius 1 is 1.09 bits per heavy atom. The molecule has 7 heteroatoms. The number of nitrogens with zero attached hydrogens (tertiary/aromatic N) is 5. The van der Waals surface area contributed by atoms with E-state index in [1.165, 1.54) is 6.42 Å². The van der Waals surface area contributed by atoms with E-state index in [0.717, 1.165) is 70.1 Å². The number of Topliss-reactive ketones (excluding diaryl/α,β-unsaturated/α-hetero) is 1. The Hall–Kier alpha value is -3.87. The lowest BCUT2D eigenvalue weighted by Gasteiger charge is -2.29. The van der Waals surface area contributed by atoms with Crippen molar-refractivity contribution in [2.45, 2.75) is 45.6 Å². The summed E-state index contributed by atoms with van der Waals surface area (Å²) in [6.07, 6.45) is 12.5. The van der Waals surface area contributed by atoms with Crippen molar-refractivity contribution in [3.05, 3.63) is 72.4 Å². The molecule has 0 radical (unpaired) electrons. The summed E-state index contributed by atoms with van der Waals surface area (Å²) < 4.78 is 2.08. The van der Waals surface area contributed by atoms with Crippen molar-refractivity contribution in [1.29, 1.82) is 0 Å². The van der Waals surface area contributed by atoms with Crippen LogP contribution in [0.2, 0.25) is 0 Å². The number of hydrogen-bond donors (Lipinski definition) is 1. The molecule has 0 amide bonds. The molecule has 7 nitrogen and oxygen atoms in total. The zero-order chi connectivity index (χ0) is 23.8. The third-order valence-corrected chi connectivity index (χ3v) is 7.30. The molecule has 0 saturated heterocycles. The average Bonchev–Trinajstić information content (AvgIpc) is 3.48. The number of rotatable bonds is 6. The lowest BCUT2D eigenvalue weighted by molar-refractivity contribution is 0.0937. The molecule has 1 aliphatic carbocycles. The number of benzene rings is 1. The van der Waals surface area contributed by atoms with Crippen LogP contribution in [0.4, 0.5) is 0 Å². The summed E-state index contributed by atoms with van der Waals surface area (Å²) in [5.41, 5.74) is 5.59. The van der Waals surface area contributed by atoms with Gasteiger partial charge in [0.15, 0.2) is 5.78 Å². The Morgan fingerprint density at radius 2 is 2.00 bits per heavy atom. The molecule has 0 spiro atoms. The molecule has 1 N–H and O–H groups in total. The third-order valence-electron chi connectivity index (χ3n) is 7.30. The van der Waals surface area contributed by atoms with Crippen LogP contribution in [-0.4, -0.2) is 35.7 Å². The van der Waals surface area contributed by atoms with E-state index in [1.54, 1.807) is 12.4 Å². The van der Waals surface area contributed by atoms with Crippen LogP contribution >= 0.6 is 0 Å². The van der Waals surface area contributed by atoms with Crippen molar-refractivity contribution in [2.75, 3.05) is 0 Å². The summed E-state index contributed by atoms with van der Waals surface area (Å²) in [6.45, 7) is 2.85. The number of fused-ring (bicyclic) bond motifs is 2. The molecule has 5 aromatic rings. The van der Waals surface area contributed by atoms with Crippen LogP contribution in [-0.2, 0) is 6.54 Å². The maximum atomic E-state index is 13.3. The summed E-state index contributed by atoms with van der Waals surface area (Å²) in [5, 5.41) is 14.3. The van der Waals surface area contributed by atoms with Crippen molar-refractivity contribution < 1.29 is 4.79 Å². The third kappa shape index (κ3) is 4.34. The fourth-order valence-electron chi connectivity index (χ4n) is 5.54. The Bertz CT molecular complexity index is 1520. The predicted molar refractivity (Wildman–Crippen MR) is 136 cm³/mol. The van der Waals surface area contributed by atoms with Gasteiger partial charge in [0.25, 0.3) is 0 Å². The van der Waals surface area contributed by atoms with Gasteiger partial charge < -0.3 is 0 Å².